The topological polar surface area (TPSA) is 93.1 Å². The molecule has 1 atom stereocenters. The number of esters is 1. The van der Waals surface area contributed by atoms with E-state index >= 15 is 0 Å². The van der Waals surface area contributed by atoms with E-state index in [9.17, 15) is 19.5 Å². The van der Waals surface area contributed by atoms with E-state index in [2.05, 4.69) is 12.1 Å². The smallest absolute Gasteiger partial charge is 0.410 e. The second kappa shape index (κ2) is 10.7. The minimum atomic E-state index is -1.10. The van der Waals surface area contributed by atoms with Crippen LogP contribution >= 0.6 is 0 Å². The molecule has 2 aromatic rings. The van der Waals surface area contributed by atoms with Crippen molar-refractivity contribution in [3.8, 4) is 11.1 Å². The summed E-state index contributed by atoms with van der Waals surface area (Å²) in [5.74, 6) is -1.51. The second-order valence-corrected chi connectivity index (χ2v) is 9.60. The van der Waals surface area contributed by atoms with Gasteiger partial charge in [-0.2, -0.15) is 0 Å². The third-order valence-electron chi connectivity index (χ3n) is 5.91. The summed E-state index contributed by atoms with van der Waals surface area (Å²) >= 11 is 0. The predicted molar refractivity (Wildman–Crippen MR) is 129 cm³/mol. The molecule has 1 aliphatic carbocycles. The van der Waals surface area contributed by atoms with Crippen molar-refractivity contribution >= 4 is 18.0 Å². The van der Waals surface area contributed by atoms with Crippen LogP contribution in [-0.2, 0) is 19.1 Å². The van der Waals surface area contributed by atoms with Crippen molar-refractivity contribution in [2.75, 3.05) is 13.7 Å². The Morgan fingerprint density at radius 1 is 0.971 bits per heavy atom. The summed E-state index contributed by atoms with van der Waals surface area (Å²) < 4.78 is 10.9. The molecule has 0 spiro atoms. The number of fused-ring (bicyclic) bond motifs is 3. The van der Waals surface area contributed by atoms with E-state index in [4.69, 9.17) is 9.47 Å². The highest BCUT2D eigenvalue weighted by Gasteiger charge is 2.31. The van der Waals surface area contributed by atoms with Crippen LogP contribution in [0.4, 0.5) is 4.79 Å². The van der Waals surface area contributed by atoms with Gasteiger partial charge in [0.2, 0.25) is 0 Å². The summed E-state index contributed by atoms with van der Waals surface area (Å²) in [4.78, 5) is 37.5. The number of amides is 1. The monoisotopic (exact) mass is 467 g/mol. The number of unbranched alkanes of at least 4 members (excludes halogenated alkanes) is 1. The molecule has 182 valence electrons. The predicted octanol–water partition coefficient (Wildman–Crippen LogP) is 5.22. The summed E-state index contributed by atoms with van der Waals surface area (Å²) in [7, 11) is 1.44. The van der Waals surface area contributed by atoms with Crippen molar-refractivity contribution in [1.29, 1.82) is 0 Å². The molecular weight excluding hydrogens is 434 g/mol. The fourth-order valence-corrected chi connectivity index (χ4v) is 4.31. The molecule has 7 nitrogen and oxygen atoms in total. The van der Waals surface area contributed by atoms with Gasteiger partial charge >= 0.3 is 18.0 Å². The Morgan fingerprint density at radius 3 is 2.06 bits per heavy atom. The van der Waals surface area contributed by atoms with Crippen LogP contribution in [0.1, 0.15) is 63.5 Å². The largest absolute Gasteiger partial charge is 0.480 e. The van der Waals surface area contributed by atoms with Crippen LogP contribution in [0.15, 0.2) is 48.5 Å². The van der Waals surface area contributed by atoms with E-state index in [0.717, 1.165) is 27.2 Å². The molecule has 2 aromatic carbocycles. The average molecular weight is 468 g/mol. The first kappa shape index (κ1) is 25.3. The summed E-state index contributed by atoms with van der Waals surface area (Å²) in [6.45, 7) is 5.53. The number of rotatable bonds is 9. The van der Waals surface area contributed by atoms with Gasteiger partial charge in [-0.05, 0) is 55.9 Å². The van der Waals surface area contributed by atoms with Gasteiger partial charge in [0.1, 0.15) is 18.2 Å². The Balaban J connectivity index is 1.55. The summed E-state index contributed by atoms with van der Waals surface area (Å²) in [6.07, 6.45) is 0.701. The Bertz CT molecular complexity index is 996. The number of likely N-dealkylation sites (N-methyl/N-ethyl adjacent to an activating group) is 1. The van der Waals surface area contributed by atoms with Gasteiger partial charge in [0.05, 0.1) is 0 Å². The maximum Gasteiger partial charge on any atom is 0.410 e. The van der Waals surface area contributed by atoms with Gasteiger partial charge in [-0.15, -0.1) is 0 Å². The van der Waals surface area contributed by atoms with Crippen molar-refractivity contribution in [3.63, 3.8) is 0 Å². The van der Waals surface area contributed by atoms with E-state index in [1.54, 1.807) is 20.8 Å². The Labute approximate surface area is 200 Å². The normalized spacial score (nSPS) is 13.5. The molecule has 0 unspecified atom stereocenters. The molecular formula is C27H33NO6. The van der Waals surface area contributed by atoms with E-state index < -0.39 is 23.7 Å². The zero-order valence-electron chi connectivity index (χ0n) is 20.2. The molecule has 0 heterocycles. The lowest BCUT2D eigenvalue weighted by Gasteiger charge is -2.25. The van der Waals surface area contributed by atoms with Gasteiger partial charge in [-0.1, -0.05) is 55.0 Å². The van der Waals surface area contributed by atoms with Crippen LogP contribution in [0.25, 0.3) is 11.1 Å². The van der Waals surface area contributed by atoms with Crippen LogP contribution in [0.3, 0.4) is 0 Å². The lowest BCUT2D eigenvalue weighted by atomic mass is 9.98. The summed E-state index contributed by atoms with van der Waals surface area (Å²) in [5, 5.41) is 9.65. The fourth-order valence-electron chi connectivity index (χ4n) is 4.31. The molecule has 0 saturated heterocycles. The summed E-state index contributed by atoms with van der Waals surface area (Å²) in [6, 6.07) is 15.0. The van der Waals surface area contributed by atoms with Crippen LogP contribution < -0.4 is 0 Å². The van der Waals surface area contributed by atoms with Crippen molar-refractivity contribution in [3.05, 3.63) is 59.7 Å². The van der Waals surface area contributed by atoms with Gasteiger partial charge in [0.15, 0.2) is 0 Å². The number of carbonyl (C=O) groups excluding carboxylic acids is 2. The maximum atomic E-state index is 12.7. The van der Waals surface area contributed by atoms with E-state index in [1.165, 1.54) is 7.05 Å². The first-order chi connectivity index (χ1) is 16.1. The highest BCUT2D eigenvalue weighted by atomic mass is 16.6. The van der Waals surface area contributed by atoms with Crippen LogP contribution in [-0.4, -0.2) is 53.3 Å². The molecule has 1 aliphatic rings. The number of aliphatic carboxylic acids is 1. The number of benzene rings is 2. The van der Waals surface area contributed by atoms with Gasteiger partial charge in [0, 0.05) is 19.4 Å². The number of hydrogen-bond acceptors (Lipinski definition) is 5. The quantitative estimate of drug-likeness (QED) is 0.401. The molecule has 0 bridgehead atoms. The standard InChI is InChI=1S/C27H33NO6/c1-27(2,3)34-24(29)16-10-9-15-23(25(30)31)28(4)26(32)33-17-22-20-13-7-5-11-18(20)19-12-6-8-14-21(19)22/h5-8,11-14,22-23H,9-10,15-17H2,1-4H3,(H,30,31)/t23-/m0/s1. The average Bonchev–Trinajstić information content (AvgIpc) is 3.09. The first-order valence-electron chi connectivity index (χ1n) is 11.6. The zero-order chi connectivity index (χ0) is 24.9. The number of nitrogens with zero attached hydrogens (tertiary/aromatic N) is 1. The van der Waals surface area contributed by atoms with E-state index in [0.29, 0.717) is 12.8 Å². The molecule has 0 fully saturated rings. The lowest BCUT2D eigenvalue weighted by Crippen LogP contribution is -2.43. The van der Waals surface area contributed by atoms with Crippen LogP contribution in [0.2, 0.25) is 0 Å². The molecule has 7 heteroatoms. The molecule has 0 radical (unpaired) electrons. The first-order valence-corrected chi connectivity index (χ1v) is 11.6. The third kappa shape index (κ3) is 6.16. The molecule has 3 rings (SSSR count). The van der Waals surface area contributed by atoms with Crippen molar-refractivity contribution < 1.29 is 29.0 Å². The van der Waals surface area contributed by atoms with Crippen molar-refractivity contribution in [2.45, 2.75) is 64.0 Å². The molecule has 1 N–H and O–H groups in total. The van der Waals surface area contributed by atoms with Gasteiger partial charge < -0.3 is 14.6 Å². The number of carboxylic acids is 1. The lowest BCUT2D eigenvalue weighted by molar-refractivity contribution is -0.154. The Hall–Kier alpha value is -3.35. The fraction of sp³-hybridized carbons (Fsp3) is 0.444. The van der Waals surface area contributed by atoms with E-state index in [1.807, 2.05) is 36.4 Å². The van der Waals surface area contributed by atoms with Gasteiger partial charge in [-0.25, -0.2) is 9.59 Å². The molecule has 0 saturated carbocycles. The zero-order valence-corrected chi connectivity index (χ0v) is 20.2. The van der Waals surface area contributed by atoms with Crippen molar-refractivity contribution in [1.82, 2.24) is 4.90 Å². The van der Waals surface area contributed by atoms with Crippen LogP contribution in [0, 0.1) is 0 Å². The van der Waals surface area contributed by atoms with Crippen LogP contribution in [0.5, 0.6) is 0 Å². The minimum absolute atomic E-state index is 0.0955. The third-order valence-corrected chi connectivity index (χ3v) is 5.91. The Morgan fingerprint density at radius 2 is 1.53 bits per heavy atom. The molecule has 1 amide bonds. The van der Waals surface area contributed by atoms with Crippen molar-refractivity contribution in [2.24, 2.45) is 0 Å². The van der Waals surface area contributed by atoms with E-state index in [-0.39, 0.29) is 31.3 Å². The highest BCUT2D eigenvalue weighted by molar-refractivity contribution is 5.81. The minimum Gasteiger partial charge on any atom is -0.480 e. The SMILES string of the molecule is CN(C(=O)OCC1c2ccccc2-c2ccccc21)[C@@H](CCCCC(=O)OC(C)(C)C)C(=O)O. The number of carbonyl (C=O) groups is 3. The highest BCUT2D eigenvalue weighted by Crippen LogP contribution is 2.44. The number of carboxylic acid groups (broad SMARTS) is 1. The van der Waals surface area contributed by atoms with Gasteiger partial charge in [-0.3, -0.25) is 9.69 Å². The molecule has 0 aliphatic heterocycles. The Kier molecular flexibility index (Phi) is 7.97. The molecule has 0 aromatic heterocycles. The summed E-state index contributed by atoms with van der Waals surface area (Å²) in [5.41, 5.74) is 3.89. The number of hydrogen-bond donors (Lipinski definition) is 1. The van der Waals surface area contributed by atoms with Gasteiger partial charge in [0.25, 0.3) is 0 Å². The molecule has 34 heavy (non-hydrogen) atoms. The second-order valence-electron chi connectivity index (χ2n) is 9.60. The maximum absolute atomic E-state index is 12.7. The number of ether oxygens (including phenoxy) is 2.